The molecule has 1 atom stereocenters. The Kier molecular flexibility index (Phi) is 6.56. The number of halogens is 3. The standard InChI is InChI=1S/C15H16Br2ClNOS/c1-3-20-15-11(16)6-10(7-12(15)17)8-19-9(2)13-4-5-14(18)21-13/h4-7,9,19H,3,8H2,1-2H3. The number of thiophene rings is 1. The van der Waals surface area contributed by atoms with Crippen LogP contribution in [0.4, 0.5) is 0 Å². The van der Waals surface area contributed by atoms with Gasteiger partial charge in [0, 0.05) is 17.5 Å². The number of hydrogen-bond acceptors (Lipinski definition) is 3. The third kappa shape index (κ3) is 4.70. The van der Waals surface area contributed by atoms with Crippen molar-refractivity contribution in [2.24, 2.45) is 0 Å². The normalized spacial score (nSPS) is 12.4. The monoisotopic (exact) mass is 451 g/mol. The first-order valence-corrected chi connectivity index (χ1v) is 9.38. The Morgan fingerprint density at radius 3 is 2.48 bits per heavy atom. The van der Waals surface area contributed by atoms with Crippen molar-refractivity contribution in [1.82, 2.24) is 5.32 Å². The highest BCUT2D eigenvalue weighted by molar-refractivity contribution is 9.11. The second-order valence-electron chi connectivity index (χ2n) is 4.57. The molecule has 0 aliphatic carbocycles. The molecule has 1 unspecified atom stereocenters. The molecular weight excluding hydrogens is 437 g/mol. The highest BCUT2D eigenvalue weighted by atomic mass is 79.9. The topological polar surface area (TPSA) is 21.3 Å². The fourth-order valence-corrected chi connectivity index (χ4v) is 4.53. The molecule has 2 rings (SSSR count). The zero-order valence-corrected chi connectivity index (χ0v) is 16.5. The molecule has 0 aliphatic rings. The van der Waals surface area contributed by atoms with Gasteiger partial charge in [-0.25, -0.2) is 0 Å². The van der Waals surface area contributed by atoms with Gasteiger partial charge in [0.05, 0.1) is 19.9 Å². The predicted octanol–water partition coefficient (Wildman–Crippen LogP) is 6.18. The SMILES string of the molecule is CCOc1c(Br)cc(CNC(C)c2ccc(Cl)s2)cc1Br. The Balaban J connectivity index is 2.03. The van der Waals surface area contributed by atoms with Crippen LogP contribution in [0.1, 0.15) is 30.3 Å². The van der Waals surface area contributed by atoms with Crippen LogP contribution in [-0.4, -0.2) is 6.61 Å². The van der Waals surface area contributed by atoms with Crippen LogP contribution in [0.25, 0.3) is 0 Å². The largest absolute Gasteiger partial charge is 0.492 e. The fourth-order valence-electron chi connectivity index (χ4n) is 1.93. The molecule has 0 fully saturated rings. The summed E-state index contributed by atoms with van der Waals surface area (Å²) in [6, 6.07) is 8.43. The van der Waals surface area contributed by atoms with Crippen molar-refractivity contribution in [1.29, 1.82) is 0 Å². The maximum absolute atomic E-state index is 5.97. The summed E-state index contributed by atoms with van der Waals surface area (Å²) in [6.45, 7) is 5.54. The summed E-state index contributed by atoms with van der Waals surface area (Å²) >= 11 is 14.7. The first kappa shape index (κ1) is 17.3. The molecular formula is C15H16Br2ClNOS. The maximum Gasteiger partial charge on any atom is 0.147 e. The molecule has 0 aliphatic heterocycles. The summed E-state index contributed by atoms with van der Waals surface area (Å²) in [5.74, 6) is 0.847. The second kappa shape index (κ2) is 7.97. The van der Waals surface area contributed by atoms with Gasteiger partial charge in [0.2, 0.25) is 0 Å². The van der Waals surface area contributed by atoms with E-state index in [1.54, 1.807) is 11.3 Å². The van der Waals surface area contributed by atoms with Crippen molar-refractivity contribution in [3.05, 3.63) is 48.0 Å². The molecule has 0 saturated heterocycles. The molecule has 114 valence electrons. The van der Waals surface area contributed by atoms with Gasteiger partial charge < -0.3 is 10.1 Å². The van der Waals surface area contributed by atoms with Gasteiger partial charge in [-0.3, -0.25) is 0 Å². The zero-order chi connectivity index (χ0) is 15.4. The lowest BCUT2D eigenvalue weighted by atomic mass is 10.2. The summed E-state index contributed by atoms with van der Waals surface area (Å²) < 4.78 is 8.34. The number of nitrogens with one attached hydrogen (secondary N) is 1. The molecule has 0 spiro atoms. The van der Waals surface area contributed by atoms with Crippen molar-refractivity contribution >= 4 is 54.8 Å². The Bertz CT molecular complexity index is 594. The average Bonchev–Trinajstić information content (AvgIpc) is 2.87. The van der Waals surface area contributed by atoms with Gasteiger partial charge in [0.15, 0.2) is 0 Å². The molecule has 0 bridgehead atoms. The fraction of sp³-hybridized carbons (Fsp3) is 0.333. The Hall–Kier alpha value is -0.0700. The number of benzene rings is 1. The van der Waals surface area contributed by atoms with E-state index in [1.165, 1.54) is 10.4 Å². The number of ether oxygens (including phenoxy) is 1. The molecule has 1 heterocycles. The predicted molar refractivity (Wildman–Crippen MR) is 97.6 cm³/mol. The second-order valence-corrected chi connectivity index (χ2v) is 8.02. The van der Waals surface area contributed by atoms with Crippen LogP contribution >= 0.6 is 54.8 Å². The summed E-state index contributed by atoms with van der Waals surface area (Å²) in [5.41, 5.74) is 1.19. The van der Waals surface area contributed by atoms with Gasteiger partial charge in [-0.1, -0.05) is 11.6 Å². The van der Waals surface area contributed by atoms with Crippen LogP contribution in [0.15, 0.2) is 33.2 Å². The minimum atomic E-state index is 0.270. The maximum atomic E-state index is 5.97. The van der Waals surface area contributed by atoms with Gasteiger partial charge in [-0.15, -0.1) is 11.3 Å². The minimum Gasteiger partial charge on any atom is -0.492 e. The smallest absolute Gasteiger partial charge is 0.147 e. The third-order valence-electron chi connectivity index (χ3n) is 2.98. The Labute approximate surface area is 151 Å². The van der Waals surface area contributed by atoms with Crippen molar-refractivity contribution in [2.45, 2.75) is 26.4 Å². The molecule has 2 aromatic rings. The molecule has 1 N–H and O–H groups in total. The molecule has 1 aromatic heterocycles. The molecule has 0 amide bonds. The lowest BCUT2D eigenvalue weighted by molar-refractivity contribution is 0.336. The quantitative estimate of drug-likeness (QED) is 0.564. The highest BCUT2D eigenvalue weighted by Crippen LogP contribution is 2.35. The third-order valence-corrected chi connectivity index (χ3v) is 5.57. The minimum absolute atomic E-state index is 0.270. The Morgan fingerprint density at radius 1 is 1.29 bits per heavy atom. The number of rotatable bonds is 6. The summed E-state index contributed by atoms with van der Waals surface area (Å²) in [5, 5.41) is 3.50. The van der Waals surface area contributed by atoms with E-state index < -0.39 is 0 Å². The van der Waals surface area contributed by atoms with Gasteiger partial charge in [0.1, 0.15) is 5.75 Å². The molecule has 6 heteroatoms. The molecule has 21 heavy (non-hydrogen) atoms. The highest BCUT2D eigenvalue weighted by Gasteiger charge is 2.11. The van der Waals surface area contributed by atoms with Crippen LogP contribution in [0.2, 0.25) is 4.34 Å². The van der Waals surface area contributed by atoms with Crippen LogP contribution in [0.3, 0.4) is 0 Å². The van der Waals surface area contributed by atoms with E-state index in [-0.39, 0.29) is 6.04 Å². The van der Waals surface area contributed by atoms with E-state index in [9.17, 15) is 0 Å². The Morgan fingerprint density at radius 2 is 1.95 bits per heavy atom. The average molecular weight is 454 g/mol. The zero-order valence-electron chi connectivity index (χ0n) is 11.8. The molecule has 0 saturated carbocycles. The van der Waals surface area contributed by atoms with Gasteiger partial charge in [-0.2, -0.15) is 0 Å². The van der Waals surface area contributed by atoms with Crippen LogP contribution in [0, 0.1) is 0 Å². The number of hydrogen-bond donors (Lipinski definition) is 1. The van der Waals surface area contributed by atoms with Crippen molar-refractivity contribution in [3.8, 4) is 5.75 Å². The molecule has 1 aromatic carbocycles. The van der Waals surface area contributed by atoms with Crippen molar-refractivity contribution in [3.63, 3.8) is 0 Å². The van der Waals surface area contributed by atoms with Gasteiger partial charge in [-0.05, 0) is 75.5 Å². The van der Waals surface area contributed by atoms with Crippen LogP contribution in [-0.2, 0) is 6.54 Å². The van der Waals surface area contributed by atoms with E-state index in [1.807, 2.05) is 13.0 Å². The molecule has 2 nitrogen and oxygen atoms in total. The summed E-state index contributed by atoms with van der Waals surface area (Å²) in [4.78, 5) is 1.24. The van der Waals surface area contributed by atoms with E-state index in [4.69, 9.17) is 16.3 Å². The summed E-state index contributed by atoms with van der Waals surface area (Å²) in [6.07, 6.45) is 0. The first-order chi connectivity index (χ1) is 10.0. The van der Waals surface area contributed by atoms with Crippen LogP contribution < -0.4 is 10.1 Å². The van der Waals surface area contributed by atoms with Crippen LogP contribution in [0.5, 0.6) is 5.75 Å². The summed E-state index contributed by atoms with van der Waals surface area (Å²) in [7, 11) is 0. The van der Waals surface area contributed by atoms with Gasteiger partial charge >= 0.3 is 0 Å². The van der Waals surface area contributed by atoms with Crippen molar-refractivity contribution < 1.29 is 4.74 Å². The van der Waals surface area contributed by atoms with E-state index in [0.29, 0.717) is 6.61 Å². The first-order valence-electron chi connectivity index (χ1n) is 6.60. The van der Waals surface area contributed by atoms with E-state index in [2.05, 4.69) is 62.3 Å². The van der Waals surface area contributed by atoms with E-state index >= 15 is 0 Å². The van der Waals surface area contributed by atoms with Gasteiger partial charge in [0.25, 0.3) is 0 Å². The molecule has 0 radical (unpaired) electrons. The lowest BCUT2D eigenvalue weighted by Gasteiger charge is -2.14. The van der Waals surface area contributed by atoms with E-state index in [0.717, 1.165) is 25.6 Å². The lowest BCUT2D eigenvalue weighted by Crippen LogP contribution is -2.17. The van der Waals surface area contributed by atoms with Crippen molar-refractivity contribution in [2.75, 3.05) is 6.61 Å².